The second-order valence-electron chi connectivity index (χ2n) is 6.39. The summed E-state index contributed by atoms with van der Waals surface area (Å²) in [5, 5.41) is 11.9. The number of pyridine rings is 1. The van der Waals surface area contributed by atoms with Crippen LogP contribution in [0.5, 0.6) is 11.5 Å². The highest BCUT2D eigenvalue weighted by Gasteiger charge is 2.21. The Hall–Kier alpha value is -3.07. The summed E-state index contributed by atoms with van der Waals surface area (Å²) >= 11 is 1.37. The lowest BCUT2D eigenvalue weighted by Gasteiger charge is -2.19. The fourth-order valence-electron chi connectivity index (χ4n) is 2.95. The van der Waals surface area contributed by atoms with E-state index >= 15 is 0 Å². The van der Waals surface area contributed by atoms with Gasteiger partial charge in [-0.05, 0) is 38.1 Å². The van der Waals surface area contributed by atoms with E-state index in [9.17, 15) is 4.79 Å². The van der Waals surface area contributed by atoms with Crippen molar-refractivity contribution in [3.8, 4) is 22.9 Å². The van der Waals surface area contributed by atoms with Gasteiger partial charge in [-0.15, -0.1) is 10.2 Å². The van der Waals surface area contributed by atoms with Gasteiger partial charge >= 0.3 is 0 Å². The van der Waals surface area contributed by atoms with Crippen LogP contribution >= 0.6 is 11.8 Å². The number of hydrogen-bond acceptors (Lipinski definition) is 7. The number of carbonyl (C=O) groups excluding carboxylic acids is 1. The Kier molecular flexibility index (Phi) is 5.66. The molecule has 0 fully saturated rings. The summed E-state index contributed by atoms with van der Waals surface area (Å²) in [5.74, 6) is 1.97. The number of amides is 1. The number of rotatable bonds is 6. The zero-order valence-electron chi connectivity index (χ0n) is 16.2. The van der Waals surface area contributed by atoms with Crippen LogP contribution in [0.3, 0.4) is 0 Å². The fraction of sp³-hybridized carbons (Fsp3) is 0.300. The van der Waals surface area contributed by atoms with Crippen LogP contribution in [-0.4, -0.2) is 44.1 Å². The van der Waals surface area contributed by atoms with Crippen LogP contribution in [0.25, 0.3) is 11.4 Å². The van der Waals surface area contributed by atoms with Crippen LogP contribution in [0.1, 0.15) is 13.8 Å². The summed E-state index contributed by atoms with van der Waals surface area (Å²) < 4.78 is 13.1. The maximum atomic E-state index is 12.7. The van der Waals surface area contributed by atoms with Gasteiger partial charge in [-0.1, -0.05) is 11.8 Å². The molecule has 0 radical (unpaired) electrons. The van der Waals surface area contributed by atoms with Crippen molar-refractivity contribution in [3.05, 3.63) is 42.7 Å². The molecule has 0 spiro atoms. The first-order chi connectivity index (χ1) is 14.2. The average Bonchev–Trinajstić information content (AvgIpc) is 3.16. The first-order valence-electron chi connectivity index (χ1n) is 9.36. The third kappa shape index (κ3) is 4.19. The lowest BCUT2D eigenvalue weighted by Crippen LogP contribution is -2.23. The first kappa shape index (κ1) is 19.3. The van der Waals surface area contributed by atoms with Gasteiger partial charge in [0.1, 0.15) is 13.2 Å². The van der Waals surface area contributed by atoms with E-state index in [4.69, 9.17) is 9.47 Å². The van der Waals surface area contributed by atoms with E-state index in [1.165, 1.54) is 11.8 Å². The smallest absolute Gasteiger partial charge is 0.237 e. The van der Waals surface area contributed by atoms with Gasteiger partial charge < -0.3 is 19.4 Å². The standard InChI is InChI=1S/C20H21N5O3S/c1-3-25-18(14-6-8-21-9-7-14)23-24-20(25)29-13(2)19(26)22-15-4-5-16-17(12-15)28-11-10-27-16/h4-9,12-13H,3,10-11H2,1-2H3,(H,22,26)/t13-/m0/s1. The lowest BCUT2D eigenvalue weighted by atomic mass is 10.2. The van der Waals surface area contributed by atoms with Gasteiger partial charge in [-0.2, -0.15) is 0 Å². The molecule has 1 aliphatic rings. The minimum atomic E-state index is -0.358. The number of fused-ring (bicyclic) bond motifs is 1. The van der Waals surface area contributed by atoms with E-state index in [1.54, 1.807) is 30.6 Å². The largest absolute Gasteiger partial charge is 0.486 e. The molecule has 0 saturated carbocycles. The summed E-state index contributed by atoms with van der Waals surface area (Å²) in [6.07, 6.45) is 3.44. The van der Waals surface area contributed by atoms with Crippen molar-refractivity contribution in [3.63, 3.8) is 0 Å². The summed E-state index contributed by atoms with van der Waals surface area (Å²) in [6, 6.07) is 9.17. The molecule has 0 saturated heterocycles. The molecule has 3 aromatic rings. The predicted octanol–water partition coefficient (Wildman–Crippen LogP) is 3.25. The molecular weight excluding hydrogens is 390 g/mol. The number of ether oxygens (including phenoxy) is 2. The predicted molar refractivity (Wildman–Crippen MR) is 110 cm³/mol. The van der Waals surface area contributed by atoms with Crippen molar-refractivity contribution in [1.82, 2.24) is 19.7 Å². The molecule has 150 valence electrons. The number of hydrogen-bond donors (Lipinski definition) is 1. The number of aromatic nitrogens is 4. The number of thioether (sulfide) groups is 1. The Labute approximate surface area is 172 Å². The highest BCUT2D eigenvalue weighted by Crippen LogP contribution is 2.33. The molecule has 0 unspecified atom stereocenters. The van der Waals surface area contributed by atoms with Crippen LogP contribution in [0.2, 0.25) is 0 Å². The highest BCUT2D eigenvalue weighted by atomic mass is 32.2. The minimum Gasteiger partial charge on any atom is -0.486 e. The van der Waals surface area contributed by atoms with E-state index in [0.29, 0.717) is 42.1 Å². The van der Waals surface area contributed by atoms with Crippen molar-refractivity contribution < 1.29 is 14.3 Å². The maximum Gasteiger partial charge on any atom is 0.237 e. The Bertz CT molecular complexity index is 1010. The van der Waals surface area contributed by atoms with Crippen LogP contribution in [0.4, 0.5) is 5.69 Å². The molecule has 0 aliphatic carbocycles. The van der Waals surface area contributed by atoms with Crippen LogP contribution in [0, 0.1) is 0 Å². The topological polar surface area (TPSA) is 91.2 Å². The van der Waals surface area contributed by atoms with Gasteiger partial charge in [0.15, 0.2) is 22.5 Å². The van der Waals surface area contributed by atoms with Crippen LogP contribution in [-0.2, 0) is 11.3 Å². The van der Waals surface area contributed by atoms with Crippen molar-refractivity contribution in [2.24, 2.45) is 0 Å². The Balaban J connectivity index is 1.46. The van der Waals surface area contributed by atoms with Crippen molar-refractivity contribution in [1.29, 1.82) is 0 Å². The monoisotopic (exact) mass is 411 g/mol. The third-order valence-corrected chi connectivity index (χ3v) is 5.51. The Morgan fingerprint density at radius 3 is 2.69 bits per heavy atom. The molecule has 3 heterocycles. The van der Waals surface area contributed by atoms with E-state index in [2.05, 4.69) is 20.5 Å². The van der Waals surface area contributed by atoms with Crippen molar-refractivity contribution >= 4 is 23.4 Å². The van der Waals surface area contributed by atoms with Gasteiger partial charge in [0.25, 0.3) is 0 Å². The van der Waals surface area contributed by atoms with Crippen molar-refractivity contribution in [2.45, 2.75) is 30.8 Å². The zero-order valence-corrected chi connectivity index (χ0v) is 17.0. The normalized spacial score (nSPS) is 13.7. The molecule has 1 aliphatic heterocycles. The molecule has 1 N–H and O–H groups in total. The van der Waals surface area contributed by atoms with Crippen molar-refractivity contribution in [2.75, 3.05) is 18.5 Å². The Morgan fingerprint density at radius 2 is 1.93 bits per heavy atom. The molecular formula is C20H21N5O3S. The van der Waals surface area contributed by atoms with Crippen LogP contribution in [0.15, 0.2) is 47.9 Å². The summed E-state index contributed by atoms with van der Waals surface area (Å²) in [5.41, 5.74) is 1.61. The van der Waals surface area contributed by atoms with Gasteiger partial charge in [0, 0.05) is 36.3 Å². The number of anilines is 1. The molecule has 1 atom stereocenters. The number of nitrogens with one attached hydrogen (secondary N) is 1. The second kappa shape index (κ2) is 8.52. The summed E-state index contributed by atoms with van der Waals surface area (Å²) in [4.78, 5) is 16.7. The summed E-state index contributed by atoms with van der Waals surface area (Å²) in [7, 11) is 0. The number of carbonyl (C=O) groups is 1. The molecule has 1 aromatic carbocycles. The van der Waals surface area contributed by atoms with E-state index in [1.807, 2.05) is 30.5 Å². The quantitative estimate of drug-likeness (QED) is 0.623. The minimum absolute atomic E-state index is 0.122. The summed E-state index contributed by atoms with van der Waals surface area (Å²) in [6.45, 7) is 5.61. The van der Waals surface area contributed by atoms with E-state index < -0.39 is 0 Å². The average molecular weight is 411 g/mol. The molecule has 9 heteroatoms. The molecule has 1 amide bonds. The van der Waals surface area contributed by atoms with Gasteiger partial charge in [-0.3, -0.25) is 9.78 Å². The molecule has 29 heavy (non-hydrogen) atoms. The third-order valence-electron chi connectivity index (χ3n) is 4.43. The molecule has 4 rings (SSSR count). The van der Waals surface area contributed by atoms with E-state index in [0.717, 1.165) is 11.4 Å². The SMILES string of the molecule is CCn1c(S[C@@H](C)C(=O)Nc2ccc3c(c2)OCCO3)nnc1-c1ccncc1. The molecule has 0 bridgehead atoms. The number of nitrogens with zero attached hydrogens (tertiary/aromatic N) is 4. The van der Waals surface area contributed by atoms with Gasteiger partial charge in [0.05, 0.1) is 5.25 Å². The highest BCUT2D eigenvalue weighted by molar-refractivity contribution is 8.00. The first-order valence-corrected chi connectivity index (χ1v) is 10.2. The number of benzene rings is 1. The lowest BCUT2D eigenvalue weighted by molar-refractivity contribution is -0.115. The van der Waals surface area contributed by atoms with Crippen LogP contribution < -0.4 is 14.8 Å². The molecule has 8 nitrogen and oxygen atoms in total. The van der Waals surface area contributed by atoms with E-state index in [-0.39, 0.29) is 11.2 Å². The molecule has 2 aromatic heterocycles. The van der Waals surface area contributed by atoms with Gasteiger partial charge in [-0.25, -0.2) is 0 Å². The zero-order chi connectivity index (χ0) is 20.2. The van der Waals surface area contributed by atoms with Gasteiger partial charge in [0.2, 0.25) is 5.91 Å². The fourth-order valence-corrected chi connectivity index (χ4v) is 3.87. The second-order valence-corrected chi connectivity index (χ2v) is 7.70. The maximum absolute atomic E-state index is 12.7. The Morgan fingerprint density at radius 1 is 1.17 bits per heavy atom.